The van der Waals surface area contributed by atoms with Crippen LogP contribution in [0.4, 0.5) is 22.7 Å². The molecule has 14 nitrogen and oxygen atoms in total. The van der Waals surface area contributed by atoms with Gasteiger partial charge in [-0.1, -0.05) is 0 Å². The normalized spacial score (nSPS) is 13.1. The number of nitro groups is 2. The molecule has 2 atom stereocenters. The van der Waals surface area contributed by atoms with Gasteiger partial charge in [-0.05, 0) is 35.4 Å². The third kappa shape index (κ3) is 7.83. The van der Waals surface area contributed by atoms with Crippen molar-refractivity contribution in [3.05, 3.63) is 67.8 Å². The van der Waals surface area contributed by atoms with E-state index >= 15 is 0 Å². The number of aliphatic hydroxyl groups excluding tert-OH is 4. The molecule has 0 bridgehead atoms. The number of hydrogen-bond donors (Lipinski definition) is 6. The first-order chi connectivity index (χ1) is 16.5. The summed E-state index contributed by atoms with van der Waals surface area (Å²) in [5.74, 6) is -1.60. The molecule has 15 heteroatoms. The first kappa shape index (κ1) is 27.9. The van der Waals surface area contributed by atoms with E-state index in [2.05, 4.69) is 10.6 Å². The zero-order chi connectivity index (χ0) is 26.2. The van der Waals surface area contributed by atoms with Crippen molar-refractivity contribution in [2.24, 2.45) is 0 Å². The Hall–Kier alpha value is -3.37. The van der Waals surface area contributed by atoms with Gasteiger partial charge in [0.2, 0.25) is 0 Å². The molecule has 0 aliphatic carbocycles. The zero-order valence-electron chi connectivity index (χ0n) is 18.4. The van der Waals surface area contributed by atoms with Crippen LogP contribution in [0.5, 0.6) is 0 Å². The number of aliphatic hydroxyl groups is 4. The van der Waals surface area contributed by atoms with Crippen molar-refractivity contribution in [1.82, 2.24) is 0 Å². The lowest BCUT2D eigenvalue weighted by Gasteiger charge is -2.17. The second-order valence-corrected chi connectivity index (χ2v) is 9.63. The third-order valence-corrected chi connectivity index (χ3v) is 6.53. The lowest BCUT2D eigenvalue weighted by molar-refractivity contribution is -0.384. The van der Waals surface area contributed by atoms with Gasteiger partial charge in [-0.25, -0.2) is 8.42 Å². The number of anilines is 2. The van der Waals surface area contributed by atoms with E-state index in [0.29, 0.717) is 0 Å². The van der Waals surface area contributed by atoms with Gasteiger partial charge >= 0.3 is 0 Å². The Morgan fingerprint density at radius 3 is 1.46 bits per heavy atom. The number of hydrogen-bond acceptors (Lipinski definition) is 12. The predicted octanol–water partition coefficient (Wildman–Crippen LogP) is 0.493. The zero-order valence-corrected chi connectivity index (χ0v) is 19.2. The molecule has 0 saturated heterocycles. The summed E-state index contributed by atoms with van der Waals surface area (Å²) in [7, 11) is -4.08. The minimum atomic E-state index is -4.08. The largest absolute Gasteiger partial charge is 0.395 e. The molecule has 0 radical (unpaired) electrons. The van der Waals surface area contributed by atoms with Crippen molar-refractivity contribution in [2.75, 3.05) is 48.4 Å². The lowest BCUT2D eigenvalue weighted by atomic mass is 10.1. The molecule has 0 aliphatic rings. The van der Waals surface area contributed by atoms with E-state index in [1.54, 1.807) is 0 Å². The van der Waals surface area contributed by atoms with E-state index < -0.39 is 43.4 Å². The Balaban J connectivity index is 2.19. The van der Waals surface area contributed by atoms with E-state index in [-0.39, 0.29) is 60.2 Å². The average Bonchev–Trinajstić information content (AvgIpc) is 2.79. The Kier molecular flexibility index (Phi) is 9.85. The highest BCUT2D eigenvalue weighted by molar-refractivity contribution is 7.91. The first-order valence-corrected chi connectivity index (χ1v) is 12.1. The van der Waals surface area contributed by atoms with Crippen molar-refractivity contribution < 1.29 is 38.7 Å². The summed E-state index contributed by atoms with van der Waals surface area (Å²) in [5, 5.41) is 66.3. The van der Waals surface area contributed by atoms with E-state index in [9.17, 15) is 38.9 Å². The fourth-order valence-electron chi connectivity index (χ4n) is 3.25. The monoisotopic (exact) mass is 514 g/mol. The van der Waals surface area contributed by atoms with Crippen LogP contribution >= 0.6 is 0 Å². The standard InChI is InChI=1S/C20H26N4O10S/c25-7-5-21-15-9-13(1-3-17(15)23(29)30)19(27)11-35(33,34)12-20(28)14-2-4-18(24(31)32)16(10-14)22-6-8-26/h1-4,9-10,19-22,25-28H,5-8,11-12H2. The maximum atomic E-state index is 12.6. The van der Waals surface area contributed by atoms with Crippen LogP contribution in [-0.2, 0) is 9.84 Å². The number of nitrogens with one attached hydrogen (secondary N) is 2. The van der Waals surface area contributed by atoms with Gasteiger partial charge in [0.1, 0.15) is 11.4 Å². The van der Waals surface area contributed by atoms with Gasteiger partial charge in [-0.15, -0.1) is 0 Å². The van der Waals surface area contributed by atoms with Gasteiger partial charge in [0.15, 0.2) is 9.84 Å². The molecular weight excluding hydrogens is 488 g/mol. The number of rotatable bonds is 14. The first-order valence-electron chi connectivity index (χ1n) is 10.3. The lowest BCUT2D eigenvalue weighted by Crippen LogP contribution is -2.22. The van der Waals surface area contributed by atoms with Crippen molar-refractivity contribution in [1.29, 1.82) is 0 Å². The number of benzene rings is 2. The summed E-state index contributed by atoms with van der Waals surface area (Å²) in [6.07, 6.45) is -3.14. The van der Waals surface area contributed by atoms with Crippen molar-refractivity contribution in [3.63, 3.8) is 0 Å². The van der Waals surface area contributed by atoms with Crippen molar-refractivity contribution in [3.8, 4) is 0 Å². The minimum Gasteiger partial charge on any atom is -0.395 e. The fraction of sp³-hybridized carbons (Fsp3) is 0.400. The summed E-state index contributed by atoms with van der Waals surface area (Å²) in [6, 6.07) is 7.01. The average molecular weight is 515 g/mol. The maximum Gasteiger partial charge on any atom is 0.292 e. The maximum absolute atomic E-state index is 12.6. The SMILES string of the molecule is O=[N+]([O-])c1ccc(C(O)CS(=O)(=O)CC(O)c2ccc([N+](=O)[O-])c(NCCO)c2)cc1NCCO. The van der Waals surface area contributed by atoms with Gasteiger partial charge in [-0.3, -0.25) is 20.2 Å². The molecule has 0 heterocycles. The Morgan fingerprint density at radius 2 is 1.14 bits per heavy atom. The van der Waals surface area contributed by atoms with Crippen LogP contribution in [0.15, 0.2) is 36.4 Å². The molecule has 192 valence electrons. The van der Waals surface area contributed by atoms with Gasteiger partial charge in [0.25, 0.3) is 11.4 Å². The quantitative estimate of drug-likeness (QED) is 0.150. The van der Waals surface area contributed by atoms with Gasteiger partial charge < -0.3 is 31.1 Å². The van der Waals surface area contributed by atoms with Crippen LogP contribution < -0.4 is 10.6 Å². The smallest absolute Gasteiger partial charge is 0.292 e. The molecule has 0 saturated carbocycles. The van der Waals surface area contributed by atoms with E-state index in [1.165, 1.54) is 24.3 Å². The Bertz CT molecular complexity index is 1080. The number of nitro benzene ring substituents is 2. The number of nitrogens with zero attached hydrogens (tertiary/aromatic N) is 2. The van der Waals surface area contributed by atoms with E-state index in [4.69, 9.17) is 10.2 Å². The van der Waals surface area contributed by atoms with Gasteiger partial charge in [-0.2, -0.15) is 0 Å². The van der Waals surface area contributed by atoms with E-state index in [1.807, 2.05) is 0 Å². The highest BCUT2D eigenvalue weighted by Crippen LogP contribution is 2.31. The molecule has 35 heavy (non-hydrogen) atoms. The van der Waals surface area contributed by atoms with Crippen LogP contribution in [0.2, 0.25) is 0 Å². The van der Waals surface area contributed by atoms with Gasteiger partial charge in [0.05, 0.1) is 46.8 Å². The van der Waals surface area contributed by atoms with Crippen LogP contribution in [0, 0.1) is 20.2 Å². The molecule has 0 amide bonds. The predicted molar refractivity (Wildman–Crippen MR) is 126 cm³/mol. The fourth-order valence-corrected chi connectivity index (χ4v) is 4.73. The van der Waals surface area contributed by atoms with Gasteiger partial charge in [0, 0.05) is 25.2 Å². The third-order valence-electron chi connectivity index (χ3n) is 4.88. The van der Waals surface area contributed by atoms with E-state index in [0.717, 1.165) is 12.1 Å². The second-order valence-electron chi connectivity index (χ2n) is 7.48. The minimum absolute atomic E-state index is 0.00470. The molecule has 0 aromatic heterocycles. The summed E-state index contributed by atoms with van der Waals surface area (Å²) in [6.45, 7) is -0.628. The van der Waals surface area contributed by atoms with Crippen LogP contribution in [-0.4, -0.2) is 76.5 Å². The molecular formula is C20H26N4O10S. The molecule has 2 rings (SSSR count). The number of sulfone groups is 1. The topological polar surface area (TPSA) is 225 Å². The summed E-state index contributed by atoms with van der Waals surface area (Å²) in [5.41, 5.74) is -0.522. The van der Waals surface area contributed by atoms with Crippen LogP contribution in [0.3, 0.4) is 0 Å². The molecule has 0 fully saturated rings. The highest BCUT2D eigenvalue weighted by atomic mass is 32.2. The molecule has 0 spiro atoms. The van der Waals surface area contributed by atoms with Crippen LogP contribution in [0.1, 0.15) is 23.3 Å². The highest BCUT2D eigenvalue weighted by Gasteiger charge is 2.26. The summed E-state index contributed by atoms with van der Waals surface area (Å²) in [4.78, 5) is 21.0. The van der Waals surface area contributed by atoms with Crippen LogP contribution in [0.25, 0.3) is 0 Å². The second kappa shape index (κ2) is 12.4. The van der Waals surface area contributed by atoms with Crippen molar-refractivity contribution >= 4 is 32.6 Å². The Morgan fingerprint density at radius 1 is 0.771 bits per heavy atom. The summed E-state index contributed by atoms with van der Waals surface area (Å²) < 4.78 is 25.3. The summed E-state index contributed by atoms with van der Waals surface area (Å²) >= 11 is 0. The molecule has 0 aliphatic heterocycles. The van der Waals surface area contributed by atoms with Crippen molar-refractivity contribution in [2.45, 2.75) is 12.2 Å². The Labute approximate surface area is 200 Å². The molecule has 2 aromatic carbocycles. The molecule has 2 unspecified atom stereocenters. The molecule has 2 aromatic rings. The molecule has 6 N–H and O–H groups in total.